The van der Waals surface area contributed by atoms with E-state index in [1.165, 1.54) is 5.56 Å². The lowest BCUT2D eigenvalue weighted by molar-refractivity contribution is 0.469. The van der Waals surface area contributed by atoms with E-state index < -0.39 is 0 Å². The number of phenols is 1. The highest BCUT2D eigenvalue weighted by Crippen LogP contribution is 2.22. The van der Waals surface area contributed by atoms with Crippen LogP contribution in [0.2, 0.25) is 0 Å². The fraction of sp³-hybridized carbons (Fsp3) is 0.500. The Morgan fingerprint density at radius 1 is 1.21 bits per heavy atom. The van der Waals surface area contributed by atoms with Gasteiger partial charge >= 0.3 is 0 Å². The molecule has 0 aromatic heterocycles. The maximum absolute atomic E-state index is 9.61. The first-order valence-corrected chi connectivity index (χ1v) is 5.14. The van der Waals surface area contributed by atoms with Gasteiger partial charge in [0.1, 0.15) is 5.75 Å². The predicted octanol–water partition coefficient (Wildman–Crippen LogP) is 2.29. The highest BCUT2D eigenvalue weighted by atomic mass is 16.3. The van der Waals surface area contributed by atoms with Gasteiger partial charge in [-0.2, -0.15) is 0 Å². The second-order valence-electron chi connectivity index (χ2n) is 3.80. The normalized spacial score (nSPS) is 10.5. The summed E-state index contributed by atoms with van der Waals surface area (Å²) in [5.74, 6) is 0.410. The molecule has 0 amide bonds. The van der Waals surface area contributed by atoms with Gasteiger partial charge in [0, 0.05) is 0 Å². The Labute approximate surface area is 85.8 Å². The van der Waals surface area contributed by atoms with Gasteiger partial charge in [0.25, 0.3) is 0 Å². The van der Waals surface area contributed by atoms with Crippen molar-refractivity contribution in [2.75, 3.05) is 6.54 Å². The second-order valence-corrected chi connectivity index (χ2v) is 3.80. The highest BCUT2D eigenvalue weighted by Gasteiger charge is 2.02. The van der Waals surface area contributed by atoms with Crippen molar-refractivity contribution >= 4 is 0 Å². The minimum Gasteiger partial charge on any atom is -0.508 e. The van der Waals surface area contributed by atoms with E-state index in [1.807, 2.05) is 19.9 Å². The zero-order valence-electron chi connectivity index (χ0n) is 9.01. The van der Waals surface area contributed by atoms with Crippen LogP contribution in [0.15, 0.2) is 12.1 Å². The maximum atomic E-state index is 9.61. The summed E-state index contributed by atoms with van der Waals surface area (Å²) in [4.78, 5) is 0. The van der Waals surface area contributed by atoms with E-state index >= 15 is 0 Å². The Hall–Kier alpha value is -1.02. The summed E-state index contributed by atoms with van der Waals surface area (Å²) in [7, 11) is 0. The van der Waals surface area contributed by atoms with Crippen molar-refractivity contribution in [1.29, 1.82) is 0 Å². The molecular weight excluding hydrogens is 174 g/mol. The van der Waals surface area contributed by atoms with E-state index in [0.29, 0.717) is 5.75 Å². The van der Waals surface area contributed by atoms with Crippen molar-refractivity contribution < 1.29 is 5.11 Å². The standard InChI is InChI=1S/C12H19NO/c1-9-7-11(5-3-4-6-13)8-12(14)10(9)2/h7-8,14H,3-6,13H2,1-2H3. The molecule has 14 heavy (non-hydrogen) atoms. The average molecular weight is 193 g/mol. The fourth-order valence-corrected chi connectivity index (χ4v) is 1.53. The molecule has 0 heterocycles. The summed E-state index contributed by atoms with van der Waals surface area (Å²) < 4.78 is 0. The molecule has 2 nitrogen and oxygen atoms in total. The fourth-order valence-electron chi connectivity index (χ4n) is 1.53. The van der Waals surface area contributed by atoms with Gasteiger partial charge in [-0.25, -0.2) is 0 Å². The molecule has 0 saturated carbocycles. The van der Waals surface area contributed by atoms with Crippen LogP contribution in [0.4, 0.5) is 0 Å². The number of rotatable bonds is 4. The molecule has 1 aromatic carbocycles. The lowest BCUT2D eigenvalue weighted by atomic mass is 10.0. The van der Waals surface area contributed by atoms with Gasteiger partial charge in [-0.1, -0.05) is 6.07 Å². The number of hydrogen-bond acceptors (Lipinski definition) is 2. The molecule has 3 N–H and O–H groups in total. The Bertz CT molecular complexity index is 284. The molecule has 0 unspecified atom stereocenters. The minimum absolute atomic E-state index is 0.410. The molecule has 0 fully saturated rings. The third-order valence-corrected chi connectivity index (χ3v) is 2.62. The van der Waals surface area contributed by atoms with Crippen molar-refractivity contribution in [1.82, 2.24) is 0 Å². The van der Waals surface area contributed by atoms with Crippen LogP contribution in [0, 0.1) is 13.8 Å². The van der Waals surface area contributed by atoms with Crippen molar-refractivity contribution in [2.24, 2.45) is 5.73 Å². The molecule has 78 valence electrons. The number of phenolic OH excluding ortho intramolecular Hbond substituents is 1. The van der Waals surface area contributed by atoms with Crippen molar-refractivity contribution in [2.45, 2.75) is 33.1 Å². The predicted molar refractivity (Wildman–Crippen MR) is 59.6 cm³/mol. The Kier molecular flexibility index (Phi) is 3.96. The SMILES string of the molecule is Cc1cc(CCCCN)cc(O)c1C. The topological polar surface area (TPSA) is 46.2 Å². The third-order valence-electron chi connectivity index (χ3n) is 2.62. The van der Waals surface area contributed by atoms with Gasteiger partial charge in [-0.05, 0) is 62.4 Å². The molecular formula is C12H19NO. The lowest BCUT2D eigenvalue weighted by Crippen LogP contribution is -1.99. The van der Waals surface area contributed by atoms with Crippen LogP contribution in [0.1, 0.15) is 29.5 Å². The average Bonchev–Trinajstić information content (AvgIpc) is 2.14. The van der Waals surface area contributed by atoms with Crippen LogP contribution in [0.3, 0.4) is 0 Å². The first-order valence-electron chi connectivity index (χ1n) is 5.14. The summed E-state index contributed by atoms with van der Waals surface area (Å²) in [6, 6.07) is 4.00. The molecule has 0 aliphatic heterocycles. The minimum atomic E-state index is 0.410. The second kappa shape index (κ2) is 5.01. The molecule has 1 rings (SSSR count). The van der Waals surface area contributed by atoms with E-state index in [9.17, 15) is 5.11 Å². The zero-order valence-corrected chi connectivity index (χ0v) is 9.01. The first kappa shape index (κ1) is 11.1. The van der Waals surface area contributed by atoms with Crippen LogP contribution in [0.5, 0.6) is 5.75 Å². The van der Waals surface area contributed by atoms with Crippen molar-refractivity contribution in [3.63, 3.8) is 0 Å². The summed E-state index contributed by atoms with van der Waals surface area (Å²) in [6.07, 6.45) is 3.15. The molecule has 0 aliphatic rings. The highest BCUT2D eigenvalue weighted by molar-refractivity contribution is 5.41. The van der Waals surface area contributed by atoms with E-state index in [0.717, 1.165) is 36.9 Å². The van der Waals surface area contributed by atoms with Crippen molar-refractivity contribution in [3.05, 3.63) is 28.8 Å². The number of benzene rings is 1. The Morgan fingerprint density at radius 2 is 1.93 bits per heavy atom. The maximum Gasteiger partial charge on any atom is 0.119 e. The summed E-state index contributed by atoms with van der Waals surface area (Å²) in [5.41, 5.74) is 8.77. The number of aryl methyl sites for hydroxylation is 2. The molecule has 0 atom stereocenters. The van der Waals surface area contributed by atoms with Crippen molar-refractivity contribution in [3.8, 4) is 5.75 Å². The third kappa shape index (κ3) is 2.74. The van der Waals surface area contributed by atoms with Gasteiger partial charge in [0.05, 0.1) is 0 Å². The molecule has 2 heteroatoms. The zero-order chi connectivity index (χ0) is 10.6. The van der Waals surface area contributed by atoms with Crippen LogP contribution in [-0.2, 0) is 6.42 Å². The molecule has 1 aromatic rings. The van der Waals surface area contributed by atoms with Gasteiger partial charge < -0.3 is 10.8 Å². The van der Waals surface area contributed by atoms with Crippen LogP contribution >= 0.6 is 0 Å². The van der Waals surface area contributed by atoms with Gasteiger partial charge in [-0.3, -0.25) is 0 Å². The Morgan fingerprint density at radius 3 is 2.50 bits per heavy atom. The van der Waals surface area contributed by atoms with E-state index in [2.05, 4.69) is 6.07 Å². The van der Waals surface area contributed by atoms with E-state index in [4.69, 9.17) is 5.73 Å². The van der Waals surface area contributed by atoms with Gasteiger partial charge in [-0.15, -0.1) is 0 Å². The summed E-state index contributed by atoms with van der Waals surface area (Å²) in [5, 5.41) is 9.61. The summed E-state index contributed by atoms with van der Waals surface area (Å²) >= 11 is 0. The molecule has 0 saturated heterocycles. The quantitative estimate of drug-likeness (QED) is 0.721. The van der Waals surface area contributed by atoms with Crippen LogP contribution in [0.25, 0.3) is 0 Å². The smallest absolute Gasteiger partial charge is 0.119 e. The largest absolute Gasteiger partial charge is 0.508 e. The first-order chi connectivity index (χ1) is 6.65. The van der Waals surface area contributed by atoms with Gasteiger partial charge in [0.2, 0.25) is 0 Å². The number of aromatic hydroxyl groups is 1. The molecule has 0 aliphatic carbocycles. The van der Waals surface area contributed by atoms with Gasteiger partial charge in [0.15, 0.2) is 0 Å². The molecule has 0 radical (unpaired) electrons. The van der Waals surface area contributed by atoms with E-state index in [-0.39, 0.29) is 0 Å². The van der Waals surface area contributed by atoms with Crippen LogP contribution in [-0.4, -0.2) is 11.7 Å². The number of nitrogens with two attached hydrogens (primary N) is 1. The lowest BCUT2D eigenvalue weighted by Gasteiger charge is -2.07. The molecule has 0 spiro atoms. The number of unbranched alkanes of at least 4 members (excludes halogenated alkanes) is 1. The summed E-state index contributed by atoms with van der Waals surface area (Å²) in [6.45, 7) is 4.71. The van der Waals surface area contributed by atoms with E-state index in [1.54, 1.807) is 0 Å². The molecule has 0 bridgehead atoms. The monoisotopic (exact) mass is 193 g/mol. The van der Waals surface area contributed by atoms with Crippen LogP contribution < -0.4 is 5.73 Å². The number of hydrogen-bond donors (Lipinski definition) is 2. The Balaban J connectivity index is 2.69.